The predicted molar refractivity (Wildman–Crippen MR) is 56.7 cm³/mol. The molecule has 0 radical (unpaired) electrons. The zero-order chi connectivity index (χ0) is 10.3. The van der Waals surface area contributed by atoms with E-state index < -0.39 is 0 Å². The molecule has 0 bridgehead atoms. The molecule has 15 heavy (non-hydrogen) atoms. The molecule has 0 amide bonds. The highest BCUT2D eigenvalue weighted by atomic mass is 16.5. The molecule has 2 nitrogen and oxygen atoms in total. The number of carbonyl (C=O) groups is 1. The average Bonchev–Trinajstić information content (AvgIpc) is 2.30. The number of fused-ring (bicyclic) bond motifs is 2. The molecule has 0 aromatic heterocycles. The molecule has 74 valence electrons. The molecule has 1 unspecified atom stereocenters. The van der Waals surface area contributed by atoms with Gasteiger partial charge in [0, 0.05) is 0 Å². The third-order valence-electron chi connectivity index (χ3n) is 2.81. The SMILES string of the molecule is O=C1c2ccccc2OC2=CC=CCC12. The molecule has 1 aromatic carbocycles. The van der Waals surface area contributed by atoms with Gasteiger partial charge in [0.2, 0.25) is 0 Å². The number of ketones is 1. The molecule has 0 saturated carbocycles. The molecule has 3 rings (SSSR count). The summed E-state index contributed by atoms with van der Waals surface area (Å²) in [5.41, 5.74) is 0.704. The Morgan fingerprint density at radius 1 is 1.27 bits per heavy atom. The van der Waals surface area contributed by atoms with Crippen LogP contribution in [-0.2, 0) is 0 Å². The summed E-state index contributed by atoms with van der Waals surface area (Å²) in [5.74, 6) is 1.53. The summed E-state index contributed by atoms with van der Waals surface area (Å²) in [6.07, 6.45) is 6.57. The van der Waals surface area contributed by atoms with Crippen molar-refractivity contribution in [2.45, 2.75) is 6.42 Å². The highest BCUT2D eigenvalue weighted by Gasteiger charge is 2.32. The van der Waals surface area contributed by atoms with Crippen LogP contribution in [0.25, 0.3) is 0 Å². The van der Waals surface area contributed by atoms with E-state index in [1.165, 1.54) is 0 Å². The van der Waals surface area contributed by atoms with Crippen LogP contribution in [0.3, 0.4) is 0 Å². The number of allylic oxidation sites excluding steroid dienone is 4. The topological polar surface area (TPSA) is 26.3 Å². The number of Topliss-reactive ketones (excluding diaryl/α,β-unsaturated/α-hetero) is 1. The van der Waals surface area contributed by atoms with Crippen molar-refractivity contribution in [1.82, 2.24) is 0 Å². The lowest BCUT2D eigenvalue weighted by molar-refractivity contribution is 0.0892. The van der Waals surface area contributed by atoms with Crippen LogP contribution in [0.5, 0.6) is 5.75 Å². The molecule has 0 saturated heterocycles. The number of para-hydroxylation sites is 1. The monoisotopic (exact) mass is 198 g/mol. The van der Waals surface area contributed by atoms with Gasteiger partial charge in [-0.3, -0.25) is 4.79 Å². The Hall–Kier alpha value is -1.83. The Kier molecular flexibility index (Phi) is 1.75. The Morgan fingerprint density at radius 3 is 3.07 bits per heavy atom. The molecule has 0 N–H and O–H groups in total. The van der Waals surface area contributed by atoms with E-state index in [-0.39, 0.29) is 11.7 Å². The highest BCUT2D eigenvalue weighted by Crippen LogP contribution is 2.35. The maximum Gasteiger partial charge on any atom is 0.177 e. The average molecular weight is 198 g/mol. The predicted octanol–water partition coefficient (Wildman–Crippen LogP) is 2.72. The maximum atomic E-state index is 12.1. The number of hydrogen-bond donors (Lipinski definition) is 0. The van der Waals surface area contributed by atoms with Crippen LogP contribution < -0.4 is 4.74 Å². The minimum atomic E-state index is -0.107. The largest absolute Gasteiger partial charge is 0.460 e. The Labute approximate surface area is 87.9 Å². The summed E-state index contributed by atoms with van der Waals surface area (Å²) >= 11 is 0. The Morgan fingerprint density at radius 2 is 2.13 bits per heavy atom. The lowest BCUT2D eigenvalue weighted by atomic mass is 9.87. The van der Waals surface area contributed by atoms with E-state index in [9.17, 15) is 4.79 Å². The fourth-order valence-corrected chi connectivity index (χ4v) is 2.03. The molecule has 1 aliphatic heterocycles. The van der Waals surface area contributed by atoms with Crippen LogP contribution in [0, 0.1) is 5.92 Å². The molecule has 2 aliphatic rings. The van der Waals surface area contributed by atoms with Gasteiger partial charge in [0.05, 0.1) is 11.5 Å². The number of hydrogen-bond acceptors (Lipinski definition) is 2. The van der Waals surface area contributed by atoms with Crippen LogP contribution in [-0.4, -0.2) is 5.78 Å². The van der Waals surface area contributed by atoms with Crippen molar-refractivity contribution in [3.05, 3.63) is 53.8 Å². The van der Waals surface area contributed by atoms with Crippen molar-refractivity contribution in [1.29, 1.82) is 0 Å². The fourth-order valence-electron chi connectivity index (χ4n) is 2.03. The van der Waals surface area contributed by atoms with Crippen LogP contribution in [0.1, 0.15) is 16.8 Å². The second-order valence-electron chi connectivity index (χ2n) is 3.75. The summed E-state index contributed by atoms with van der Waals surface area (Å²) in [5, 5.41) is 0. The third-order valence-corrected chi connectivity index (χ3v) is 2.81. The second-order valence-corrected chi connectivity index (χ2v) is 3.75. The zero-order valence-electron chi connectivity index (χ0n) is 8.14. The van der Waals surface area contributed by atoms with Crippen molar-refractivity contribution in [3.8, 4) is 5.75 Å². The van der Waals surface area contributed by atoms with Crippen molar-refractivity contribution in [2.75, 3.05) is 0 Å². The van der Waals surface area contributed by atoms with Crippen LogP contribution in [0.2, 0.25) is 0 Å². The molecule has 2 heteroatoms. The minimum Gasteiger partial charge on any atom is -0.460 e. The fraction of sp³-hybridized carbons (Fsp3) is 0.154. The number of carbonyl (C=O) groups excluding carboxylic acids is 1. The smallest absolute Gasteiger partial charge is 0.177 e. The molecule has 1 aromatic rings. The first-order chi connectivity index (χ1) is 7.36. The number of benzene rings is 1. The molecule has 0 spiro atoms. The number of ether oxygens (including phenoxy) is 1. The number of rotatable bonds is 0. The quantitative estimate of drug-likeness (QED) is 0.640. The lowest BCUT2D eigenvalue weighted by Crippen LogP contribution is -2.26. The minimum absolute atomic E-state index is 0.107. The van der Waals surface area contributed by atoms with E-state index in [1.54, 1.807) is 0 Å². The van der Waals surface area contributed by atoms with Crippen molar-refractivity contribution in [2.24, 2.45) is 5.92 Å². The van der Waals surface area contributed by atoms with E-state index in [2.05, 4.69) is 0 Å². The van der Waals surface area contributed by atoms with Crippen LogP contribution >= 0.6 is 0 Å². The van der Waals surface area contributed by atoms with Gasteiger partial charge in [0.25, 0.3) is 0 Å². The van der Waals surface area contributed by atoms with Gasteiger partial charge in [0.15, 0.2) is 5.78 Å². The molecule has 1 atom stereocenters. The Bertz CT molecular complexity index is 483. The zero-order valence-corrected chi connectivity index (χ0v) is 8.14. The van der Waals surface area contributed by atoms with Gasteiger partial charge in [-0.25, -0.2) is 0 Å². The molecule has 1 heterocycles. The van der Waals surface area contributed by atoms with E-state index >= 15 is 0 Å². The first-order valence-corrected chi connectivity index (χ1v) is 5.04. The van der Waals surface area contributed by atoms with Crippen molar-refractivity contribution in [3.63, 3.8) is 0 Å². The summed E-state index contributed by atoms with van der Waals surface area (Å²) in [4.78, 5) is 12.1. The van der Waals surface area contributed by atoms with Gasteiger partial charge in [0.1, 0.15) is 11.5 Å². The van der Waals surface area contributed by atoms with Gasteiger partial charge in [-0.05, 0) is 24.6 Å². The first-order valence-electron chi connectivity index (χ1n) is 5.04. The molecular weight excluding hydrogens is 188 g/mol. The van der Waals surface area contributed by atoms with Crippen molar-refractivity contribution < 1.29 is 9.53 Å². The summed E-state index contributed by atoms with van der Waals surface area (Å²) in [7, 11) is 0. The molecule has 0 fully saturated rings. The van der Waals surface area contributed by atoms with E-state index in [0.29, 0.717) is 11.3 Å². The normalized spacial score (nSPS) is 22.5. The van der Waals surface area contributed by atoms with Crippen molar-refractivity contribution >= 4 is 5.78 Å². The van der Waals surface area contributed by atoms with Gasteiger partial charge in [-0.1, -0.05) is 24.3 Å². The van der Waals surface area contributed by atoms with E-state index in [1.807, 2.05) is 42.5 Å². The van der Waals surface area contributed by atoms with E-state index in [0.717, 1.165) is 12.2 Å². The van der Waals surface area contributed by atoms with Crippen LogP contribution in [0.4, 0.5) is 0 Å². The maximum absolute atomic E-state index is 12.1. The second kappa shape index (κ2) is 3.09. The highest BCUT2D eigenvalue weighted by molar-refractivity contribution is 6.03. The van der Waals surface area contributed by atoms with Gasteiger partial charge >= 0.3 is 0 Å². The third kappa shape index (κ3) is 1.22. The lowest BCUT2D eigenvalue weighted by Gasteiger charge is -2.27. The van der Waals surface area contributed by atoms with Gasteiger partial charge in [-0.2, -0.15) is 0 Å². The van der Waals surface area contributed by atoms with Gasteiger partial charge < -0.3 is 4.74 Å². The summed E-state index contributed by atoms with van der Waals surface area (Å²) in [6, 6.07) is 7.41. The van der Waals surface area contributed by atoms with E-state index in [4.69, 9.17) is 4.74 Å². The standard InChI is InChI=1S/C13H10O2/c14-13-9-5-1-3-7-11(9)15-12-8-4-2-6-10(12)13/h1-5,7-8,10H,6H2. The molecular formula is C13H10O2. The summed E-state index contributed by atoms with van der Waals surface area (Å²) in [6.45, 7) is 0. The Balaban J connectivity index is 2.14. The summed E-state index contributed by atoms with van der Waals surface area (Å²) < 4.78 is 5.70. The molecule has 1 aliphatic carbocycles. The van der Waals surface area contributed by atoms with Crippen LogP contribution in [0.15, 0.2) is 48.3 Å². The first kappa shape index (κ1) is 8.48. The van der Waals surface area contributed by atoms with Gasteiger partial charge in [-0.15, -0.1) is 0 Å².